The van der Waals surface area contributed by atoms with Gasteiger partial charge in [0.05, 0.1) is 11.7 Å². The first kappa shape index (κ1) is 9.08. The molecule has 0 bridgehead atoms. The van der Waals surface area contributed by atoms with Crippen LogP contribution in [0.25, 0.3) is 10.9 Å². The van der Waals surface area contributed by atoms with Gasteiger partial charge >= 0.3 is 7.69 Å². The van der Waals surface area contributed by atoms with Gasteiger partial charge in [0.2, 0.25) is 0 Å². The Morgan fingerprint density at radius 3 is 2.93 bits per heavy atom. The molecule has 4 nitrogen and oxygen atoms in total. The molecule has 0 saturated heterocycles. The molecule has 0 fully saturated rings. The predicted octanol–water partition coefficient (Wildman–Crippen LogP) is 0.787. The van der Waals surface area contributed by atoms with Crippen molar-refractivity contribution >= 4 is 18.6 Å². The zero-order chi connectivity index (χ0) is 10.1. The van der Waals surface area contributed by atoms with E-state index in [1.165, 1.54) is 0 Å². The van der Waals surface area contributed by atoms with E-state index in [0.717, 1.165) is 16.5 Å². The van der Waals surface area contributed by atoms with Gasteiger partial charge in [-0.05, 0) is 12.5 Å². The van der Waals surface area contributed by atoms with Crippen molar-refractivity contribution in [2.75, 3.05) is 0 Å². The zero-order valence-corrected chi connectivity index (χ0v) is 8.06. The number of rotatable bonds is 2. The van der Waals surface area contributed by atoms with Gasteiger partial charge in [-0.1, -0.05) is 0 Å². The molecule has 0 aliphatic rings. The molecule has 2 aromatic rings. The average Bonchev–Trinajstić information content (AvgIpc) is 2.48. The summed E-state index contributed by atoms with van der Waals surface area (Å²) in [5.41, 5.74) is 2.08. The van der Waals surface area contributed by atoms with Gasteiger partial charge in [0, 0.05) is 24.7 Å². The number of fused-ring (bicyclic) bond motifs is 1. The molecular formula is C9H10BN2O2. The van der Waals surface area contributed by atoms with E-state index in [0.29, 0.717) is 13.6 Å². The Bertz CT molecular complexity index is 467. The molecule has 0 aromatic carbocycles. The molecule has 0 spiro atoms. The maximum Gasteiger partial charge on any atom is 0.570 e. The highest BCUT2D eigenvalue weighted by Gasteiger charge is 2.08. The Balaban J connectivity index is 2.67. The minimum atomic E-state index is 0.596. The van der Waals surface area contributed by atoms with Crippen molar-refractivity contribution in [2.24, 2.45) is 7.05 Å². The molecule has 0 saturated carbocycles. The summed E-state index contributed by atoms with van der Waals surface area (Å²) >= 11 is 0. The second-order valence-electron chi connectivity index (χ2n) is 3.15. The Kier molecular flexibility index (Phi) is 2.17. The lowest BCUT2D eigenvalue weighted by Gasteiger charge is -2.02. The molecule has 0 amide bonds. The summed E-state index contributed by atoms with van der Waals surface area (Å²) in [6, 6.07) is 1.87. The Morgan fingerprint density at radius 1 is 1.50 bits per heavy atom. The van der Waals surface area contributed by atoms with Crippen LogP contribution in [0.2, 0.25) is 0 Å². The summed E-state index contributed by atoms with van der Waals surface area (Å²) in [5, 5.41) is 9.65. The van der Waals surface area contributed by atoms with Crippen molar-refractivity contribution in [3.05, 3.63) is 24.0 Å². The molecule has 2 aromatic heterocycles. The second-order valence-corrected chi connectivity index (χ2v) is 3.15. The minimum Gasteiger partial charge on any atom is -0.525 e. The van der Waals surface area contributed by atoms with Crippen LogP contribution in [0.5, 0.6) is 5.88 Å². The van der Waals surface area contributed by atoms with Crippen molar-refractivity contribution in [2.45, 2.75) is 6.92 Å². The van der Waals surface area contributed by atoms with Gasteiger partial charge in [-0.25, -0.2) is 0 Å². The van der Waals surface area contributed by atoms with Crippen LogP contribution in [-0.2, 0) is 7.05 Å². The van der Waals surface area contributed by atoms with Crippen molar-refractivity contribution in [1.29, 1.82) is 0 Å². The van der Waals surface area contributed by atoms with E-state index in [9.17, 15) is 0 Å². The number of nitrogens with zero attached hydrogens (tertiary/aromatic N) is 2. The molecule has 2 rings (SSSR count). The number of pyridine rings is 1. The molecule has 2 heterocycles. The molecule has 0 aliphatic heterocycles. The monoisotopic (exact) mass is 189 g/mol. The summed E-state index contributed by atoms with van der Waals surface area (Å²) in [5.74, 6) is 0.596. The van der Waals surface area contributed by atoms with Crippen molar-refractivity contribution in [1.82, 2.24) is 9.55 Å². The van der Waals surface area contributed by atoms with Gasteiger partial charge in [-0.15, -0.1) is 0 Å². The van der Waals surface area contributed by atoms with Crippen LogP contribution < -0.4 is 4.65 Å². The van der Waals surface area contributed by atoms with E-state index >= 15 is 0 Å². The maximum atomic E-state index is 8.56. The van der Waals surface area contributed by atoms with Gasteiger partial charge < -0.3 is 14.2 Å². The predicted molar refractivity (Wildman–Crippen MR) is 54.1 cm³/mol. The highest BCUT2D eigenvalue weighted by Crippen LogP contribution is 2.25. The third-order valence-corrected chi connectivity index (χ3v) is 2.30. The quantitative estimate of drug-likeness (QED) is 0.710. The van der Waals surface area contributed by atoms with Crippen molar-refractivity contribution < 1.29 is 9.68 Å². The first-order valence-electron chi connectivity index (χ1n) is 4.26. The second kappa shape index (κ2) is 3.34. The summed E-state index contributed by atoms with van der Waals surface area (Å²) in [6.45, 7) is 1.99. The smallest absolute Gasteiger partial charge is 0.525 e. The fraction of sp³-hybridized carbons (Fsp3) is 0.222. The lowest BCUT2D eigenvalue weighted by Crippen LogP contribution is -2.03. The fourth-order valence-corrected chi connectivity index (χ4v) is 1.52. The fourth-order valence-electron chi connectivity index (χ4n) is 1.52. The van der Waals surface area contributed by atoms with Crippen LogP contribution in [0.15, 0.2) is 18.5 Å². The Morgan fingerprint density at radius 2 is 2.29 bits per heavy atom. The molecule has 1 radical (unpaired) electrons. The summed E-state index contributed by atoms with van der Waals surface area (Å²) < 4.78 is 6.78. The molecule has 71 valence electrons. The van der Waals surface area contributed by atoms with Gasteiger partial charge in [0.25, 0.3) is 0 Å². The first-order valence-corrected chi connectivity index (χ1v) is 4.26. The standard InChI is InChI=1S/C9H10BN2O2/c1-6-4-11-5-8-7(6)3-9(12(8)2)14-10-13/h3-5,13H,1-2H3. The van der Waals surface area contributed by atoms with E-state index in [1.807, 2.05) is 24.6 Å². The highest BCUT2D eigenvalue weighted by atomic mass is 16.5. The summed E-state index contributed by atoms with van der Waals surface area (Å²) in [7, 11) is 2.54. The van der Waals surface area contributed by atoms with Gasteiger partial charge in [-0.2, -0.15) is 0 Å². The van der Waals surface area contributed by atoms with Crippen molar-refractivity contribution in [3.8, 4) is 5.88 Å². The zero-order valence-electron chi connectivity index (χ0n) is 8.06. The molecule has 5 heteroatoms. The average molecular weight is 189 g/mol. The molecule has 14 heavy (non-hydrogen) atoms. The Labute approximate surface area is 82.4 Å². The Hall–Kier alpha value is -1.49. The van der Waals surface area contributed by atoms with E-state index < -0.39 is 0 Å². The molecule has 0 atom stereocenters. The molecular weight excluding hydrogens is 179 g/mol. The van der Waals surface area contributed by atoms with Crippen molar-refractivity contribution in [3.63, 3.8) is 0 Å². The number of hydrogen-bond donors (Lipinski definition) is 1. The third-order valence-electron chi connectivity index (χ3n) is 2.30. The van der Waals surface area contributed by atoms with Gasteiger partial charge in [0.15, 0.2) is 5.88 Å². The van der Waals surface area contributed by atoms with E-state index in [2.05, 4.69) is 4.98 Å². The lowest BCUT2D eigenvalue weighted by atomic mass is 10.2. The SMILES string of the molecule is Cc1cncc2c1cc(O[B]O)n2C. The first-order chi connectivity index (χ1) is 6.74. The van der Waals surface area contributed by atoms with Gasteiger partial charge in [-0.3, -0.25) is 4.98 Å². The van der Waals surface area contributed by atoms with Crippen LogP contribution in [-0.4, -0.2) is 22.3 Å². The highest BCUT2D eigenvalue weighted by molar-refractivity contribution is 6.17. The number of hydrogen-bond acceptors (Lipinski definition) is 3. The van der Waals surface area contributed by atoms with Crippen LogP contribution >= 0.6 is 0 Å². The van der Waals surface area contributed by atoms with E-state index in [4.69, 9.17) is 9.68 Å². The van der Waals surface area contributed by atoms with Crippen LogP contribution in [0, 0.1) is 6.92 Å². The van der Waals surface area contributed by atoms with Crippen LogP contribution in [0.1, 0.15) is 5.56 Å². The molecule has 0 aliphatic carbocycles. The normalized spacial score (nSPS) is 10.5. The third kappa shape index (κ3) is 1.26. The topological polar surface area (TPSA) is 47.3 Å². The van der Waals surface area contributed by atoms with Gasteiger partial charge in [0.1, 0.15) is 0 Å². The van der Waals surface area contributed by atoms with E-state index in [1.54, 1.807) is 12.4 Å². The lowest BCUT2D eigenvalue weighted by molar-refractivity contribution is 0.433. The van der Waals surface area contributed by atoms with E-state index in [-0.39, 0.29) is 0 Å². The molecule has 1 N–H and O–H groups in total. The number of aromatic nitrogens is 2. The summed E-state index contributed by atoms with van der Waals surface area (Å²) in [4.78, 5) is 4.10. The summed E-state index contributed by atoms with van der Waals surface area (Å²) in [6.07, 6.45) is 3.57. The molecule has 0 unspecified atom stereocenters. The van der Waals surface area contributed by atoms with Crippen LogP contribution in [0.3, 0.4) is 0 Å². The largest absolute Gasteiger partial charge is 0.570 e. The number of aryl methyl sites for hydroxylation is 2. The maximum absolute atomic E-state index is 8.56. The minimum absolute atomic E-state index is 0.596. The van der Waals surface area contributed by atoms with Crippen LogP contribution in [0.4, 0.5) is 0 Å².